The fourth-order valence-corrected chi connectivity index (χ4v) is 6.34. The molecule has 0 saturated heterocycles. The molecule has 0 radical (unpaired) electrons. The molecule has 0 saturated carbocycles. The number of carbonyl (C=O) groups is 2. The quantitative estimate of drug-likeness (QED) is 0.207. The molecule has 9 nitrogen and oxygen atoms in total. The Labute approximate surface area is 262 Å². The van der Waals surface area contributed by atoms with Gasteiger partial charge in [-0.1, -0.05) is 48.5 Å². The van der Waals surface area contributed by atoms with Gasteiger partial charge in [0, 0.05) is 37.8 Å². The number of hydrogen-bond acceptors (Lipinski definition) is 6. The van der Waals surface area contributed by atoms with Gasteiger partial charge in [-0.3, -0.25) is 14.3 Å². The van der Waals surface area contributed by atoms with Crippen LogP contribution in [0.1, 0.15) is 20.7 Å². The van der Waals surface area contributed by atoms with Crippen LogP contribution in [0.15, 0.2) is 108 Å². The summed E-state index contributed by atoms with van der Waals surface area (Å²) in [5.41, 5.74) is 3.06. The molecule has 2 amide bonds. The van der Waals surface area contributed by atoms with Crippen molar-refractivity contribution in [3.05, 3.63) is 114 Å². The number of anilines is 2. The summed E-state index contributed by atoms with van der Waals surface area (Å²) < 4.78 is 41.1. The van der Waals surface area contributed by atoms with Gasteiger partial charge in [-0.05, 0) is 71.1 Å². The van der Waals surface area contributed by atoms with Gasteiger partial charge >= 0.3 is 0 Å². The maximum absolute atomic E-state index is 13.8. The van der Waals surface area contributed by atoms with E-state index in [1.54, 1.807) is 100 Å². The molecule has 0 unspecified atom stereocenters. The first kappa shape index (κ1) is 31.1. The molecule has 0 aliphatic carbocycles. The number of amides is 2. The van der Waals surface area contributed by atoms with E-state index in [1.165, 1.54) is 30.1 Å². The van der Waals surface area contributed by atoms with Crippen LogP contribution < -0.4 is 19.1 Å². The summed E-state index contributed by atoms with van der Waals surface area (Å²) in [4.78, 5) is 28.9. The van der Waals surface area contributed by atoms with Gasteiger partial charge < -0.3 is 19.3 Å². The summed E-state index contributed by atoms with van der Waals surface area (Å²) in [7, 11) is 3.78. The van der Waals surface area contributed by atoms with Crippen molar-refractivity contribution in [1.29, 1.82) is 0 Å². The summed E-state index contributed by atoms with van der Waals surface area (Å²) in [5, 5.41) is 1.49. The van der Waals surface area contributed by atoms with Crippen molar-refractivity contribution in [3.63, 3.8) is 0 Å². The second-order valence-corrected chi connectivity index (χ2v) is 12.2. The van der Waals surface area contributed by atoms with E-state index in [9.17, 15) is 18.0 Å². The van der Waals surface area contributed by atoms with Crippen LogP contribution in [0.3, 0.4) is 0 Å². The Balaban J connectivity index is 1.51. The lowest BCUT2D eigenvalue weighted by Crippen LogP contribution is -2.26. The summed E-state index contributed by atoms with van der Waals surface area (Å²) in [5.74, 6) is 0.181. The Morgan fingerprint density at radius 1 is 0.689 bits per heavy atom. The first-order valence-corrected chi connectivity index (χ1v) is 15.5. The van der Waals surface area contributed by atoms with E-state index in [1.807, 2.05) is 18.2 Å². The number of nitrogens with zero attached hydrogens (tertiary/aromatic N) is 2. The summed E-state index contributed by atoms with van der Waals surface area (Å²) >= 11 is 0. The van der Waals surface area contributed by atoms with Crippen LogP contribution >= 0.6 is 0 Å². The average molecular weight is 624 g/mol. The van der Waals surface area contributed by atoms with Crippen LogP contribution in [-0.4, -0.2) is 60.5 Å². The molecule has 45 heavy (non-hydrogen) atoms. The summed E-state index contributed by atoms with van der Waals surface area (Å²) in [6, 6.07) is 29.5. The second-order valence-electron chi connectivity index (χ2n) is 10.5. The third kappa shape index (κ3) is 6.32. The van der Waals surface area contributed by atoms with Crippen molar-refractivity contribution in [3.8, 4) is 22.6 Å². The first-order chi connectivity index (χ1) is 21.5. The topological polar surface area (TPSA) is 105 Å². The number of para-hydroxylation sites is 1. The van der Waals surface area contributed by atoms with E-state index in [0.717, 1.165) is 5.39 Å². The number of methoxy groups -OCH3 is 2. The monoisotopic (exact) mass is 623 g/mol. The molecule has 1 N–H and O–H groups in total. The molecule has 0 aliphatic heterocycles. The van der Waals surface area contributed by atoms with Crippen LogP contribution in [0.2, 0.25) is 0 Å². The number of rotatable bonds is 9. The number of fused-ring (bicyclic) bond motifs is 1. The van der Waals surface area contributed by atoms with E-state index in [-0.39, 0.29) is 22.5 Å². The number of hydrogen-bond donors (Lipinski definition) is 1. The standard InChI is InChI=1S/C35H33N3O6S/c1-37(2)34(39)26-12-8-11-24(20-26)25-17-19-32(44-5)33(21-25)45(41,42)36-27-18-16-23-10-9-14-30(29(23)22-27)38(3)35(40)28-13-6-7-15-31(28)43-4/h6-22,36H,1-5H3. The molecule has 0 heterocycles. The molecule has 5 rings (SSSR count). The Kier molecular flexibility index (Phi) is 8.78. The predicted octanol–water partition coefficient (Wildman–Crippen LogP) is 6.30. The van der Waals surface area contributed by atoms with Gasteiger partial charge in [0.2, 0.25) is 0 Å². The normalized spacial score (nSPS) is 11.1. The molecule has 0 fully saturated rings. The average Bonchev–Trinajstić information content (AvgIpc) is 3.06. The highest BCUT2D eigenvalue weighted by Crippen LogP contribution is 2.34. The SMILES string of the molecule is COc1ccccc1C(=O)N(C)c1cccc2ccc(NS(=O)(=O)c3cc(-c4cccc(C(=O)N(C)C)c4)ccc3OC)cc12. The molecule has 10 heteroatoms. The highest BCUT2D eigenvalue weighted by Gasteiger charge is 2.23. The van der Waals surface area contributed by atoms with E-state index < -0.39 is 10.0 Å². The highest BCUT2D eigenvalue weighted by molar-refractivity contribution is 7.92. The van der Waals surface area contributed by atoms with Crippen LogP contribution in [0.4, 0.5) is 11.4 Å². The Morgan fingerprint density at radius 2 is 1.40 bits per heavy atom. The maximum atomic E-state index is 13.8. The molecule has 0 aliphatic rings. The van der Waals surface area contributed by atoms with Gasteiger partial charge in [0.15, 0.2) is 0 Å². The zero-order valence-electron chi connectivity index (χ0n) is 25.6. The van der Waals surface area contributed by atoms with Gasteiger partial charge in [0.1, 0.15) is 16.4 Å². The maximum Gasteiger partial charge on any atom is 0.265 e. The van der Waals surface area contributed by atoms with Crippen LogP contribution in [0.5, 0.6) is 11.5 Å². The van der Waals surface area contributed by atoms with Gasteiger partial charge in [-0.2, -0.15) is 0 Å². The Bertz CT molecular complexity index is 2020. The zero-order valence-corrected chi connectivity index (χ0v) is 26.4. The van der Waals surface area contributed by atoms with Crippen molar-refractivity contribution in [2.24, 2.45) is 0 Å². The Morgan fingerprint density at radius 3 is 2.13 bits per heavy atom. The number of sulfonamides is 1. The highest BCUT2D eigenvalue weighted by atomic mass is 32.2. The number of benzene rings is 5. The van der Waals surface area contributed by atoms with E-state index in [4.69, 9.17) is 9.47 Å². The minimum absolute atomic E-state index is 0.0660. The zero-order chi connectivity index (χ0) is 32.3. The van der Waals surface area contributed by atoms with Gasteiger partial charge in [-0.15, -0.1) is 0 Å². The largest absolute Gasteiger partial charge is 0.496 e. The minimum Gasteiger partial charge on any atom is -0.496 e. The van der Waals surface area contributed by atoms with Gasteiger partial charge in [0.25, 0.3) is 21.8 Å². The summed E-state index contributed by atoms with van der Waals surface area (Å²) in [6.45, 7) is 0. The predicted molar refractivity (Wildman–Crippen MR) is 177 cm³/mol. The van der Waals surface area contributed by atoms with Crippen molar-refractivity contribution in [1.82, 2.24) is 4.90 Å². The Hall–Kier alpha value is -5.35. The van der Waals surface area contributed by atoms with Crippen LogP contribution in [0.25, 0.3) is 21.9 Å². The molecule has 5 aromatic rings. The molecule has 0 spiro atoms. The summed E-state index contributed by atoms with van der Waals surface area (Å²) in [6.07, 6.45) is 0. The lowest BCUT2D eigenvalue weighted by Gasteiger charge is -2.21. The lowest BCUT2D eigenvalue weighted by molar-refractivity contribution is 0.0827. The molecule has 5 aromatic carbocycles. The first-order valence-electron chi connectivity index (χ1n) is 14.0. The molecular weight excluding hydrogens is 590 g/mol. The van der Waals surface area contributed by atoms with Crippen molar-refractivity contribution in [2.45, 2.75) is 4.90 Å². The van der Waals surface area contributed by atoms with E-state index in [0.29, 0.717) is 44.8 Å². The third-order valence-corrected chi connectivity index (χ3v) is 8.82. The van der Waals surface area contributed by atoms with Gasteiger partial charge in [-0.25, -0.2) is 8.42 Å². The second kappa shape index (κ2) is 12.7. The van der Waals surface area contributed by atoms with Crippen molar-refractivity contribution < 1.29 is 27.5 Å². The molecule has 0 bridgehead atoms. The fourth-order valence-electron chi connectivity index (χ4n) is 5.09. The van der Waals surface area contributed by atoms with Gasteiger partial charge in [0.05, 0.1) is 25.5 Å². The third-order valence-electron chi connectivity index (χ3n) is 7.42. The van der Waals surface area contributed by atoms with Crippen molar-refractivity contribution in [2.75, 3.05) is 45.0 Å². The fraction of sp³-hybridized carbons (Fsp3) is 0.143. The lowest BCUT2D eigenvalue weighted by atomic mass is 10.0. The van der Waals surface area contributed by atoms with Crippen LogP contribution in [0, 0.1) is 0 Å². The van der Waals surface area contributed by atoms with E-state index in [2.05, 4.69) is 4.72 Å². The number of carbonyl (C=O) groups excluding carboxylic acids is 2. The molecule has 230 valence electrons. The van der Waals surface area contributed by atoms with Crippen LogP contribution in [-0.2, 0) is 10.0 Å². The number of nitrogens with one attached hydrogen (secondary N) is 1. The molecular formula is C35H33N3O6S. The molecule has 0 aromatic heterocycles. The molecule has 0 atom stereocenters. The van der Waals surface area contributed by atoms with E-state index >= 15 is 0 Å². The van der Waals surface area contributed by atoms with Crippen molar-refractivity contribution >= 4 is 44.0 Å². The minimum atomic E-state index is -4.14. The smallest absolute Gasteiger partial charge is 0.265 e. The number of ether oxygens (including phenoxy) is 2.